The van der Waals surface area contributed by atoms with Crippen LogP contribution in [0.25, 0.3) is 10.9 Å². The molecule has 0 bridgehead atoms. The first-order valence-electron chi connectivity index (χ1n) is 7.07. The fourth-order valence-electron chi connectivity index (χ4n) is 2.42. The summed E-state index contributed by atoms with van der Waals surface area (Å²) in [6, 6.07) is 15.9. The van der Waals surface area contributed by atoms with Crippen molar-refractivity contribution < 1.29 is 4.79 Å². The van der Waals surface area contributed by atoms with E-state index in [1.165, 1.54) is 11.1 Å². The van der Waals surface area contributed by atoms with E-state index in [0.717, 1.165) is 16.5 Å². The van der Waals surface area contributed by atoms with Crippen LogP contribution in [0.5, 0.6) is 0 Å². The van der Waals surface area contributed by atoms with Crippen LogP contribution < -0.4 is 0 Å². The molecule has 2 aromatic carbocycles. The maximum atomic E-state index is 12.4. The van der Waals surface area contributed by atoms with Gasteiger partial charge in [-0.05, 0) is 42.7 Å². The van der Waals surface area contributed by atoms with E-state index >= 15 is 0 Å². The molecular weight excluding hydrogens is 258 g/mol. The Kier molecular flexibility index (Phi) is 3.53. The minimum Gasteiger partial charge on any atom is -0.294 e. The molecule has 104 valence electrons. The molecule has 0 radical (unpaired) electrons. The Bertz CT molecular complexity index is 821. The molecule has 2 nitrogen and oxygen atoms in total. The Balaban J connectivity index is 1.87. The molecule has 3 aromatic rings. The monoisotopic (exact) mass is 275 g/mol. The molecule has 1 aromatic heterocycles. The third-order valence-corrected chi connectivity index (χ3v) is 3.85. The molecule has 0 unspecified atom stereocenters. The Hall–Kier alpha value is -2.48. The van der Waals surface area contributed by atoms with Gasteiger partial charge in [-0.25, -0.2) is 0 Å². The first kappa shape index (κ1) is 13.5. The van der Waals surface area contributed by atoms with E-state index in [9.17, 15) is 4.79 Å². The highest BCUT2D eigenvalue weighted by molar-refractivity contribution is 5.99. The van der Waals surface area contributed by atoms with Crippen LogP contribution in [0.3, 0.4) is 0 Å². The quantitative estimate of drug-likeness (QED) is 0.668. The van der Waals surface area contributed by atoms with E-state index in [-0.39, 0.29) is 5.78 Å². The van der Waals surface area contributed by atoms with Crippen LogP contribution in [-0.4, -0.2) is 10.8 Å². The van der Waals surface area contributed by atoms with Crippen LogP contribution in [0, 0.1) is 13.8 Å². The van der Waals surface area contributed by atoms with Gasteiger partial charge in [-0.15, -0.1) is 0 Å². The highest BCUT2D eigenvalue weighted by Gasteiger charge is 2.09. The fraction of sp³-hybridized carbons (Fsp3) is 0.158. The second kappa shape index (κ2) is 5.49. The van der Waals surface area contributed by atoms with Crippen molar-refractivity contribution in [1.82, 2.24) is 4.98 Å². The van der Waals surface area contributed by atoms with Crippen molar-refractivity contribution in [2.45, 2.75) is 20.3 Å². The van der Waals surface area contributed by atoms with Crippen molar-refractivity contribution in [3.05, 3.63) is 77.0 Å². The van der Waals surface area contributed by atoms with Crippen molar-refractivity contribution in [2.24, 2.45) is 0 Å². The lowest BCUT2D eigenvalue weighted by atomic mass is 10.00. The number of nitrogens with zero attached hydrogens (tertiary/aromatic N) is 1. The summed E-state index contributed by atoms with van der Waals surface area (Å²) in [6.45, 7) is 4.15. The van der Waals surface area contributed by atoms with Gasteiger partial charge in [-0.2, -0.15) is 0 Å². The van der Waals surface area contributed by atoms with Crippen LogP contribution in [-0.2, 0) is 6.42 Å². The molecule has 0 fully saturated rings. The summed E-state index contributed by atoms with van der Waals surface area (Å²) in [5, 5.41) is 1.00. The predicted octanol–water partition coefficient (Wildman–Crippen LogP) is 4.28. The van der Waals surface area contributed by atoms with Crippen molar-refractivity contribution in [2.75, 3.05) is 0 Å². The largest absolute Gasteiger partial charge is 0.294 e. The molecule has 0 amide bonds. The number of hydrogen-bond donors (Lipinski definition) is 0. The number of aryl methyl sites for hydroxylation is 2. The number of carbonyl (C=O) groups is 1. The zero-order valence-corrected chi connectivity index (χ0v) is 12.3. The standard InChI is InChI=1S/C19H17NO/c1-13-7-8-15(9-14(13)2)10-19(21)17-11-16-5-3-4-6-18(16)20-12-17/h3-9,11-12H,10H2,1-2H3. The summed E-state index contributed by atoms with van der Waals surface area (Å²) in [5.74, 6) is 0.108. The van der Waals surface area contributed by atoms with Crippen LogP contribution in [0.2, 0.25) is 0 Å². The van der Waals surface area contributed by atoms with Gasteiger partial charge in [0.05, 0.1) is 5.52 Å². The SMILES string of the molecule is Cc1ccc(CC(=O)c2cnc3ccccc3c2)cc1C. The molecule has 1 heterocycles. The molecule has 0 saturated heterocycles. The number of ketones is 1. The van der Waals surface area contributed by atoms with Gasteiger partial charge >= 0.3 is 0 Å². The van der Waals surface area contributed by atoms with Gasteiger partial charge in [-0.1, -0.05) is 36.4 Å². The summed E-state index contributed by atoms with van der Waals surface area (Å²) in [6.07, 6.45) is 2.09. The molecule has 2 heteroatoms. The first-order valence-corrected chi connectivity index (χ1v) is 7.07. The second-order valence-corrected chi connectivity index (χ2v) is 5.44. The predicted molar refractivity (Wildman–Crippen MR) is 85.7 cm³/mol. The number of rotatable bonds is 3. The number of para-hydroxylation sites is 1. The first-order chi connectivity index (χ1) is 10.1. The summed E-state index contributed by atoms with van der Waals surface area (Å²) < 4.78 is 0. The average molecular weight is 275 g/mol. The van der Waals surface area contributed by atoms with E-state index in [4.69, 9.17) is 0 Å². The maximum Gasteiger partial charge on any atom is 0.168 e. The lowest BCUT2D eigenvalue weighted by Gasteiger charge is -2.06. The smallest absolute Gasteiger partial charge is 0.168 e. The summed E-state index contributed by atoms with van der Waals surface area (Å²) in [5.41, 5.74) is 5.11. The van der Waals surface area contributed by atoms with Crippen LogP contribution in [0.15, 0.2) is 54.7 Å². The van der Waals surface area contributed by atoms with Crippen LogP contribution >= 0.6 is 0 Å². The van der Waals surface area contributed by atoms with E-state index in [0.29, 0.717) is 12.0 Å². The van der Waals surface area contributed by atoms with Crippen molar-refractivity contribution >= 4 is 16.7 Å². The number of hydrogen-bond acceptors (Lipinski definition) is 2. The topological polar surface area (TPSA) is 30.0 Å². The number of pyridine rings is 1. The summed E-state index contributed by atoms with van der Waals surface area (Å²) >= 11 is 0. The summed E-state index contributed by atoms with van der Waals surface area (Å²) in [4.78, 5) is 16.8. The van der Waals surface area contributed by atoms with Gasteiger partial charge in [0.15, 0.2) is 5.78 Å². The van der Waals surface area contributed by atoms with Crippen molar-refractivity contribution in [1.29, 1.82) is 0 Å². The minimum atomic E-state index is 0.108. The molecule has 0 atom stereocenters. The van der Waals surface area contributed by atoms with Gasteiger partial charge in [0.2, 0.25) is 0 Å². The summed E-state index contributed by atoms with van der Waals surface area (Å²) in [7, 11) is 0. The lowest BCUT2D eigenvalue weighted by molar-refractivity contribution is 0.0993. The number of benzene rings is 2. The number of Topliss-reactive ketones (excluding diaryl/α,β-unsaturated/α-hetero) is 1. The number of fused-ring (bicyclic) bond motifs is 1. The number of aromatic nitrogens is 1. The van der Waals surface area contributed by atoms with Gasteiger partial charge < -0.3 is 0 Å². The third kappa shape index (κ3) is 2.84. The van der Waals surface area contributed by atoms with Gasteiger partial charge in [0, 0.05) is 23.6 Å². The Morgan fingerprint density at radius 3 is 2.62 bits per heavy atom. The molecular formula is C19H17NO. The van der Waals surface area contributed by atoms with Crippen molar-refractivity contribution in [3.8, 4) is 0 Å². The molecule has 21 heavy (non-hydrogen) atoms. The zero-order valence-electron chi connectivity index (χ0n) is 12.3. The highest BCUT2D eigenvalue weighted by atomic mass is 16.1. The molecule has 3 rings (SSSR count). The van der Waals surface area contributed by atoms with E-state index in [1.807, 2.05) is 36.4 Å². The van der Waals surface area contributed by atoms with Crippen LogP contribution in [0.1, 0.15) is 27.0 Å². The second-order valence-electron chi connectivity index (χ2n) is 5.44. The molecule has 0 spiro atoms. The maximum absolute atomic E-state index is 12.4. The average Bonchev–Trinajstić information content (AvgIpc) is 2.50. The van der Waals surface area contributed by atoms with Crippen LogP contribution in [0.4, 0.5) is 0 Å². The normalized spacial score (nSPS) is 10.8. The number of carbonyl (C=O) groups excluding carboxylic acids is 1. The van der Waals surface area contributed by atoms with Gasteiger partial charge in [0.25, 0.3) is 0 Å². The van der Waals surface area contributed by atoms with Gasteiger partial charge in [0.1, 0.15) is 0 Å². The molecule has 0 saturated carbocycles. The third-order valence-electron chi connectivity index (χ3n) is 3.85. The molecule has 0 aliphatic rings. The lowest BCUT2D eigenvalue weighted by Crippen LogP contribution is -2.04. The highest BCUT2D eigenvalue weighted by Crippen LogP contribution is 2.16. The Morgan fingerprint density at radius 2 is 1.81 bits per heavy atom. The molecule has 0 aliphatic heterocycles. The van der Waals surface area contributed by atoms with E-state index < -0.39 is 0 Å². The Labute approximate surface area is 124 Å². The Morgan fingerprint density at radius 1 is 1.00 bits per heavy atom. The van der Waals surface area contributed by atoms with Crippen molar-refractivity contribution in [3.63, 3.8) is 0 Å². The minimum absolute atomic E-state index is 0.108. The van der Waals surface area contributed by atoms with E-state index in [2.05, 4.69) is 31.0 Å². The van der Waals surface area contributed by atoms with Gasteiger partial charge in [-0.3, -0.25) is 9.78 Å². The zero-order chi connectivity index (χ0) is 14.8. The van der Waals surface area contributed by atoms with E-state index in [1.54, 1.807) is 6.20 Å². The fourth-order valence-corrected chi connectivity index (χ4v) is 2.42. The molecule has 0 N–H and O–H groups in total. The molecule has 0 aliphatic carbocycles.